The number of amides is 7. The molecule has 7 rings (SSSR count). The molecule has 0 radical (unpaired) electrons. The smallest absolute Gasteiger partial charge is 0.244 e. The molecule has 0 spiro atoms. The summed E-state index contributed by atoms with van der Waals surface area (Å²) in [7, 11) is 3.14. The second-order valence-electron chi connectivity index (χ2n) is 19.0. The van der Waals surface area contributed by atoms with Crippen molar-refractivity contribution in [2.75, 3.05) is 27.2 Å². The zero-order valence-corrected chi connectivity index (χ0v) is 41.7. The predicted octanol–water partition coefficient (Wildman–Crippen LogP) is 2.09. The number of fused-ring (bicyclic) bond motifs is 3. The van der Waals surface area contributed by atoms with Gasteiger partial charge in [0.25, 0.3) is 0 Å². The summed E-state index contributed by atoms with van der Waals surface area (Å²) in [5.41, 5.74) is 20.5. The summed E-state index contributed by atoms with van der Waals surface area (Å²) in [5.74, 6) is -4.67. The van der Waals surface area contributed by atoms with Gasteiger partial charge in [-0.2, -0.15) is 0 Å². The normalized spacial score (nSPS) is 21.1. The van der Waals surface area contributed by atoms with Crippen molar-refractivity contribution in [2.45, 2.75) is 94.0 Å². The standard InChI is InChI=1S/C55H66N12O7/c1-67(2)54(74)44-18-9-10-24-59-48(68)31-41(56)49(69)64-47(30-39-32-61-42-17-8-7-16-40(39)42)53(73)66-45(28-33-20-22-35-12-3-5-14-37(35)26-33)51(71)62-43(19-11-25-60-55(57)58)50(70)65-46(52(72)63-44)29-34-21-23-36-13-4-6-15-38(36)27-34/h3-8,12-17,20-23,26-27,32,41,43-47,61H,9-11,18-19,24-25,28-31,56H2,1-2H3,(H,59,68)(H,62,71)(H,63,72)(H,64,69)(H,65,70)(H,66,73)(H4,57,58,60)/t41-,43-,44-,45+,46-,47-/m0/s1. The van der Waals surface area contributed by atoms with Gasteiger partial charge in [0.2, 0.25) is 41.4 Å². The number of aliphatic imine (C=N–C) groups is 1. The average Bonchev–Trinajstić information content (AvgIpc) is 3.79. The van der Waals surface area contributed by atoms with E-state index in [1.807, 2.05) is 109 Å². The highest BCUT2D eigenvalue weighted by atomic mass is 16.2. The number of hydrogen-bond donors (Lipinski definition) is 10. The maximum Gasteiger partial charge on any atom is 0.244 e. The van der Waals surface area contributed by atoms with E-state index in [4.69, 9.17) is 17.2 Å². The van der Waals surface area contributed by atoms with Crippen LogP contribution in [0.25, 0.3) is 32.4 Å². The Bertz CT molecular complexity index is 3020. The van der Waals surface area contributed by atoms with E-state index in [2.05, 4.69) is 41.9 Å². The van der Waals surface area contributed by atoms with Gasteiger partial charge < -0.3 is 59.0 Å². The van der Waals surface area contributed by atoms with Crippen LogP contribution in [-0.2, 0) is 52.8 Å². The molecule has 13 N–H and O–H groups in total. The number of para-hydroxylation sites is 1. The highest BCUT2D eigenvalue weighted by Gasteiger charge is 2.34. The largest absolute Gasteiger partial charge is 0.370 e. The van der Waals surface area contributed by atoms with E-state index in [0.29, 0.717) is 29.5 Å². The van der Waals surface area contributed by atoms with E-state index in [9.17, 15) is 33.6 Å². The molecular formula is C55H66N12O7. The average molecular weight is 1010 g/mol. The number of rotatable bonds is 11. The molecule has 1 aromatic heterocycles. The number of hydrogen-bond acceptors (Lipinski definition) is 9. The molecule has 6 atom stereocenters. The number of nitrogens with two attached hydrogens (primary N) is 3. The fraction of sp³-hybridized carbons (Fsp3) is 0.345. The van der Waals surface area contributed by atoms with E-state index >= 15 is 0 Å². The van der Waals surface area contributed by atoms with Crippen LogP contribution in [0, 0.1) is 0 Å². The van der Waals surface area contributed by atoms with E-state index in [1.54, 1.807) is 20.3 Å². The van der Waals surface area contributed by atoms with Gasteiger partial charge in [-0.15, -0.1) is 0 Å². The van der Waals surface area contributed by atoms with Crippen molar-refractivity contribution in [2.24, 2.45) is 22.2 Å². The number of likely N-dealkylation sites (N-methyl/N-ethyl adjacent to an activating group) is 1. The number of nitrogens with one attached hydrogen (secondary N) is 7. The number of guanidine groups is 1. The third kappa shape index (κ3) is 14.7. The predicted molar refractivity (Wildman–Crippen MR) is 285 cm³/mol. The molecule has 7 amide bonds. The Labute approximate surface area is 429 Å². The molecule has 19 nitrogen and oxygen atoms in total. The van der Waals surface area contributed by atoms with Crippen molar-refractivity contribution in [3.63, 3.8) is 0 Å². The second-order valence-corrected chi connectivity index (χ2v) is 19.0. The molecule has 0 unspecified atom stereocenters. The molecule has 0 aliphatic carbocycles. The lowest BCUT2D eigenvalue weighted by Crippen LogP contribution is -2.60. The lowest BCUT2D eigenvalue weighted by atomic mass is 9.98. The molecule has 1 fully saturated rings. The lowest BCUT2D eigenvalue weighted by molar-refractivity contribution is -0.136. The molecule has 1 aliphatic rings. The zero-order valence-electron chi connectivity index (χ0n) is 41.7. The van der Waals surface area contributed by atoms with Crippen LogP contribution < -0.4 is 49.1 Å². The Morgan fingerprint density at radius 3 is 1.76 bits per heavy atom. The highest BCUT2D eigenvalue weighted by Crippen LogP contribution is 2.22. The summed E-state index contributed by atoms with van der Waals surface area (Å²) in [6.07, 6.45) is 2.48. The van der Waals surface area contributed by atoms with Crippen LogP contribution in [0.15, 0.2) is 120 Å². The fourth-order valence-corrected chi connectivity index (χ4v) is 9.13. The maximum atomic E-state index is 14.9. The van der Waals surface area contributed by atoms with Crippen molar-refractivity contribution in [3.05, 3.63) is 132 Å². The van der Waals surface area contributed by atoms with Gasteiger partial charge in [-0.3, -0.25) is 38.6 Å². The van der Waals surface area contributed by atoms with Gasteiger partial charge in [0.1, 0.15) is 30.2 Å². The number of aromatic amines is 1. The Morgan fingerprint density at radius 1 is 0.622 bits per heavy atom. The Kier molecular flexibility index (Phi) is 18.3. The Balaban J connectivity index is 1.27. The minimum atomic E-state index is -1.36. The van der Waals surface area contributed by atoms with Crippen LogP contribution in [0.4, 0.5) is 0 Å². The van der Waals surface area contributed by atoms with Gasteiger partial charge in [0.15, 0.2) is 5.96 Å². The summed E-state index contributed by atoms with van der Waals surface area (Å²) in [4.78, 5) is 108. The number of carbonyl (C=O) groups excluding carboxylic acids is 7. The monoisotopic (exact) mass is 1010 g/mol. The summed E-state index contributed by atoms with van der Waals surface area (Å²) in [5, 5.41) is 21.6. The van der Waals surface area contributed by atoms with Crippen molar-refractivity contribution in [1.82, 2.24) is 41.8 Å². The number of benzene rings is 5. The second kappa shape index (κ2) is 25.4. The Morgan fingerprint density at radius 2 is 1.15 bits per heavy atom. The summed E-state index contributed by atoms with van der Waals surface area (Å²) < 4.78 is 0. The summed E-state index contributed by atoms with van der Waals surface area (Å²) >= 11 is 0. The van der Waals surface area contributed by atoms with Crippen LogP contribution >= 0.6 is 0 Å². The zero-order chi connectivity index (χ0) is 52.7. The molecule has 1 aliphatic heterocycles. The topological polar surface area (TPSA) is 301 Å². The van der Waals surface area contributed by atoms with Crippen LogP contribution in [0.1, 0.15) is 55.2 Å². The van der Waals surface area contributed by atoms with E-state index < -0.39 is 78.1 Å². The third-order valence-electron chi connectivity index (χ3n) is 13.1. The minimum Gasteiger partial charge on any atom is -0.370 e. The lowest BCUT2D eigenvalue weighted by Gasteiger charge is -2.28. The first-order valence-electron chi connectivity index (χ1n) is 24.9. The first-order chi connectivity index (χ1) is 35.6. The molecule has 1 saturated heterocycles. The van der Waals surface area contributed by atoms with Gasteiger partial charge in [0, 0.05) is 63.5 Å². The van der Waals surface area contributed by atoms with Crippen molar-refractivity contribution >= 4 is 79.8 Å². The molecule has 5 aromatic carbocycles. The number of H-pyrrole nitrogens is 1. The Hall–Kier alpha value is -8.32. The molecule has 6 aromatic rings. The number of nitrogens with zero attached hydrogens (tertiary/aromatic N) is 2. The van der Waals surface area contributed by atoms with E-state index in [-0.39, 0.29) is 63.5 Å². The molecule has 19 heteroatoms. The SMILES string of the molecule is CN(C)C(=O)[C@@H]1CCCCNC(=O)C[C@H](N)C(=O)N[C@@H](Cc2c[nH]c3ccccc23)C(=O)N[C@H](Cc2ccc3ccccc3c2)C(=O)N[C@@H](CCCN=C(N)N)C(=O)N[C@@H](Cc2ccc3ccccc3c2)C(=O)N1. The van der Waals surface area contributed by atoms with Crippen molar-refractivity contribution in [1.29, 1.82) is 0 Å². The van der Waals surface area contributed by atoms with Crippen LogP contribution in [-0.4, -0.2) is 121 Å². The first kappa shape index (κ1) is 53.5. The maximum absolute atomic E-state index is 14.9. The van der Waals surface area contributed by atoms with Crippen LogP contribution in [0.3, 0.4) is 0 Å². The van der Waals surface area contributed by atoms with Gasteiger partial charge in [-0.1, -0.05) is 103 Å². The van der Waals surface area contributed by atoms with Gasteiger partial charge in [-0.25, -0.2) is 0 Å². The van der Waals surface area contributed by atoms with Crippen molar-refractivity contribution in [3.8, 4) is 0 Å². The molecule has 388 valence electrons. The van der Waals surface area contributed by atoms with Gasteiger partial charge >= 0.3 is 0 Å². The quantitative estimate of drug-likeness (QED) is 0.0512. The fourth-order valence-electron chi connectivity index (χ4n) is 9.13. The molecule has 2 heterocycles. The van der Waals surface area contributed by atoms with Crippen LogP contribution in [0.5, 0.6) is 0 Å². The molecule has 0 bridgehead atoms. The number of carbonyl (C=O) groups is 7. The molecule has 74 heavy (non-hydrogen) atoms. The van der Waals surface area contributed by atoms with E-state index in [0.717, 1.165) is 32.4 Å². The minimum absolute atomic E-state index is 0.000931. The van der Waals surface area contributed by atoms with Gasteiger partial charge in [-0.05, 0) is 76.4 Å². The van der Waals surface area contributed by atoms with E-state index in [1.165, 1.54) is 4.90 Å². The number of aromatic nitrogens is 1. The third-order valence-corrected chi connectivity index (χ3v) is 13.1. The molecular weight excluding hydrogens is 941 g/mol. The summed E-state index contributed by atoms with van der Waals surface area (Å²) in [6.45, 7) is 0.285. The first-order valence-corrected chi connectivity index (χ1v) is 24.9. The highest BCUT2D eigenvalue weighted by molar-refractivity contribution is 5.98. The van der Waals surface area contributed by atoms with Crippen LogP contribution in [0.2, 0.25) is 0 Å². The molecule has 0 saturated carbocycles. The van der Waals surface area contributed by atoms with Crippen molar-refractivity contribution < 1.29 is 33.6 Å². The summed E-state index contributed by atoms with van der Waals surface area (Å²) in [6, 6.07) is 26.6. The van der Waals surface area contributed by atoms with Gasteiger partial charge in [0.05, 0.1) is 12.5 Å².